The van der Waals surface area contributed by atoms with E-state index in [9.17, 15) is 14.4 Å². The predicted octanol–water partition coefficient (Wildman–Crippen LogP) is 3.46. The molecular formula is C23H21N3O4. The average Bonchev–Trinajstić information content (AvgIpc) is 2.92. The van der Waals surface area contributed by atoms with E-state index in [2.05, 4.69) is 5.32 Å². The van der Waals surface area contributed by atoms with Crippen LogP contribution < -0.4 is 16.3 Å². The molecule has 0 radical (unpaired) electrons. The third-order valence-electron chi connectivity index (χ3n) is 5.18. The maximum atomic E-state index is 13.0. The van der Waals surface area contributed by atoms with E-state index in [-0.39, 0.29) is 22.4 Å². The van der Waals surface area contributed by atoms with Gasteiger partial charge in [0.1, 0.15) is 11.3 Å². The van der Waals surface area contributed by atoms with Gasteiger partial charge in [-0.1, -0.05) is 24.3 Å². The fourth-order valence-corrected chi connectivity index (χ4v) is 3.61. The Kier molecular flexibility index (Phi) is 4.66. The zero-order valence-electron chi connectivity index (χ0n) is 17.1. The van der Waals surface area contributed by atoms with Gasteiger partial charge in [0, 0.05) is 13.1 Å². The van der Waals surface area contributed by atoms with E-state index in [1.807, 2.05) is 38.1 Å². The lowest BCUT2D eigenvalue weighted by molar-refractivity contribution is 0.0997. The standard InChI is InChI=1S/C23H21N3O4/c1-13-10-14(2)21-17(11-13)18(27)12-19(30-21)22(28)24-20-15(3)25(4)26(23(20)29)16-8-6-5-7-9-16/h5-12H,1-4H3,(H,24,28). The lowest BCUT2D eigenvalue weighted by atomic mass is 10.1. The molecule has 1 N–H and O–H groups in total. The van der Waals surface area contributed by atoms with Gasteiger partial charge in [0.2, 0.25) is 0 Å². The Labute approximate surface area is 172 Å². The molecular weight excluding hydrogens is 382 g/mol. The smallest absolute Gasteiger partial charge is 0.295 e. The Balaban J connectivity index is 1.77. The molecule has 0 spiro atoms. The lowest BCUT2D eigenvalue weighted by Crippen LogP contribution is -2.23. The number of hydrogen-bond acceptors (Lipinski definition) is 4. The molecule has 7 heteroatoms. The summed E-state index contributed by atoms with van der Waals surface area (Å²) in [4.78, 5) is 38.4. The van der Waals surface area contributed by atoms with Crippen molar-refractivity contribution in [3.05, 3.63) is 91.7 Å². The largest absolute Gasteiger partial charge is 0.450 e. The van der Waals surface area contributed by atoms with Crippen LogP contribution in [-0.2, 0) is 7.05 Å². The highest BCUT2D eigenvalue weighted by Crippen LogP contribution is 2.20. The van der Waals surface area contributed by atoms with Crippen molar-refractivity contribution < 1.29 is 9.21 Å². The van der Waals surface area contributed by atoms with Crippen molar-refractivity contribution in [1.29, 1.82) is 0 Å². The summed E-state index contributed by atoms with van der Waals surface area (Å²) in [5, 5.41) is 3.05. The minimum Gasteiger partial charge on any atom is -0.450 e. The maximum Gasteiger partial charge on any atom is 0.295 e. The lowest BCUT2D eigenvalue weighted by Gasteiger charge is -2.07. The van der Waals surface area contributed by atoms with Gasteiger partial charge in [-0.25, -0.2) is 4.68 Å². The highest BCUT2D eigenvalue weighted by Gasteiger charge is 2.21. The number of nitrogens with zero attached hydrogens (tertiary/aromatic N) is 2. The number of carbonyl (C=O) groups is 1. The summed E-state index contributed by atoms with van der Waals surface area (Å²) >= 11 is 0. The second-order valence-electron chi connectivity index (χ2n) is 7.32. The van der Waals surface area contributed by atoms with Gasteiger partial charge in [-0.15, -0.1) is 0 Å². The minimum atomic E-state index is -0.653. The highest BCUT2D eigenvalue weighted by molar-refractivity contribution is 6.03. The number of amides is 1. The molecule has 0 aliphatic carbocycles. The molecule has 0 unspecified atom stereocenters. The molecule has 4 aromatic rings. The molecule has 2 aromatic carbocycles. The first-order valence-corrected chi connectivity index (χ1v) is 9.48. The van der Waals surface area contributed by atoms with Crippen LogP contribution in [0.3, 0.4) is 0 Å². The molecule has 1 amide bonds. The van der Waals surface area contributed by atoms with E-state index >= 15 is 0 Å². The maximum absolute atomic E-state index is 13.0. The number of para-hydroxylation sites is 1. The van der Waals surface area contributed by atoms with Crippen LogP contribution in [0.1, 0.15) is 27.4 Å². The number of benzene rings is 2. The molecule has 0 fully saturated rings. The molecule has 0 saturated carbocycles. The summed E-state index contributed by atoms with van der Waals surface area (Å²) in [6, 6.07) is 13.9. The van der Waals surface area contributed by atoms with Crippen LogP contribution in [0.2, 0.25) is 0 Å². The Bertz CT molecular complexity index is 1410. The molecule has 152 valence electrons. The number of nitrogens with one attached hydrogen (secondary N) is 1. The first-order chi connectivity index (χ1) is 14.3. The van der Waals surface area contributed by atoms with Crippen LogP contribution in [0.4, 0.5) is 5.69 Å². The van der Waals surface area contributed by atoms with Gasteiger partial charge in [-0.3, -0.25) is 19.1 Å². The molecule has 4 rings (SSSR count). The summed E-state index contributed by atoms with van der Waals surface area (Å²) in [6.45, 7) is 5.45. The summed E-state index contributed by atoms with van der Waals surface area (Å²) < 4.78 is 8.87. The Hall–Kier alpha value is -3.87. The van der Waals surface area contributed by atoms with Crippen molar-refractivity contribution in [2.75, 3.05) is 5.32 Å². The van der Waals surface area contributed by atoms with Gasteiger partial charge in [0.25, 0.3) is 11.5 Å². The van der Waals surface area contributed by atoms with Gasteiger partial charge < -0.3 is 9.73 Å². The van der Waals surface area contributed by atoms with E-state index in [4.69, 9.17) is 4.42 Å². The number of rotatable bonds is 3. The first-order valence-electron chi connectivity index (χ1n) is 9.48. The third kappa shape index (κ3) is 3.14. The third-order valence-corrected chi connectivity index (χ3v) is 5.18. The van der Waals surface area contributed by atoms with E-state index in [0.717, 1.165) is 17.2 Å². The summed E-state index contributed by atoms with van der Waals surface area (Å²) in [6.07, 6.45) is 0. The number of carbonyl (C=O) groups excluding carboxylic acids is 1. The number of anilines is 1. The number of hydrogen-bond donors (Lipinski definition) is 1. The van der Waals surface area contributed by atoms with Gasteiger partial charge in [-0.05, 0) is 50.1 Å². The van der Waals surface area contributed by atoms with Gasteiger partial charge >= 0.3 is 0 Å². The summed E-state index contributed by atoms with van der Waals surface area (Å²) in [5.74, 6) is -0.798. The monoisotopic (exact) mass is 403 g/mol. The zero-order valence-corrected chi connectivity index (χ0v) is 17.1. The van der Waals surface area contributed by atoms with Gasteiger partial charge in [0.05, 0.1) is 16.8 Å². The molecule has 2 heterocycles. The molecule has 0 aliphatic rings. The molecule has 0 atom stereocenters. The molecule has 0 aliphatic heterocycles. The number of aryl methyl sites for hydroxylation is 2. The molecule has 7 nitrogen and oxygen atoms in total. The van der Waals surface area contributed by atoms with Gasteiger partial charge in [-0.2, -0.15) is 0 Å². The summed E-state index contributed by atoms with van der Waals surface area (Å²) in [5.41, 5.74) is 2.78. The fourth-order valence-electron chi connectivity index (χ4n) is 3.61. The van der Waals surface area contributed by atoms with E-state index in [0.29, 0.717) is 22.4 Å². The minimum absolute atomic E-state index is 0.134. The number of aromatic nitrogens is 2. The first kappa shape index (κ1) is 19.4. The van der Waals surface area contributed by atoms with Crippen LogP contribution in [0.25, 0.3) is 16.7 Å². The molecule has 0 saturated heterocycles. The van der Waals surface area contributed by atoms with Crippen LogP contribution in [0.15, 0.2) is 62.5 Å². The highest BCUT2D eigenvalue weighted by atomic mass is 16.3. The van der Waals surface area contributed by atoms with Crippen molar-refractivity contribution in [1.82, 2.24) is 9.36 Å². The zero-order chi connectivity index (χ0) is 21.6. The Morgan fingerprint density at radius 3 is 2.40 bits per heavy atom. The van der Waals surface area contributed by atoms with Gasteiger partial charge in [0.15, 0.2) is 11.2 Å². The normalized spacial score (nSPS) is 11.1. The van der Waals surface area contributed by atoms with Crippen molar-refractivity contribution in [2.24, 2.45) is 7.05 Å². The van der Waals surface area contributed by atoms with E-state index < -0.39 is 5.91 Å². The molecule has 2 aromatic heterocycles. The van der Waals surface area contributed by atoms with Crippen molar-refractivity contribution in [3.63, 3.8) is 0 Å². The SMILES string of the molecule is Cc1cc(C)c2oc(C(=O)Nc3c(C)n(C)n(-c4ccccc4)c3=O)cc(=O)c2c1. The van der Waals surface area contributed by atoms with Crippen LogP contribution in [0.5, 0.6) is 0 Å². The van der Waals surface area contributed by atoms with Crippen LogP contribution in [0, 0.1) is 20.8 Å². The van der Waals surface area contributed by atoms with Crippen molar-refractivity contribution >= 4 is 22.6 Å². The molecule has 30 heavy (non-hydrogen) atoms. The van der Waals surface area contributed by atoms with E-state index in [1.165, 1.54) is 4.68 Å². The van der Waals surface area contributed by atoms with E-state index in [1.54, 1.807) is 36.9 Å². The second-order valence-corrected chi connectivity index (χ2v) is 7.32. The number of fused-ring (bicyclic) bond motifs is 1. The quantitative estimate of drug-likeness (QED) is 0.568. The predicted molar refractivity (Wildman–Crippen MR) is 116 cm³/mol. The van der Waals surface area contributed by atoms with Crippen LogP contribution >= 0.6 is 0 Å². The van der Waals surface area contributed by atoms with Crippen LogP contribution in [-0.4, -0.2) is 15.3 Å². The van der Waals surface area contributed by atoms with Crippen molar-refractivity contribution in [3.8, 4) is 5.69 Å². The molecule has 0 bridgehead atoms. The Morgan fingerprint density at radius 1 is 1.00 bits per heavy atom. The average molecular weight is 403 g/mol. The second kappa shape index (κ2) is 7.18. The Morgan fingerprint density at radius 2 is 1.70 bits per heavy atom. The summed E-state index contributed by atoms with van der Waals surface area (Å²) in [7, 11) is 1.74. The topological polar surface area (TPSA) is 86.2 Å². The van der Waals surface area contributed by atoms with Crippen molar-refractivity contribution in [2.45, 2.75) is 20.8 Å². The fraction of sp³-hybridized carbons (Fsp3) is 0.174.